The Balaban J connectivity index is 2.10. The fourth-order valence-electron chi connectivity index (χ4n) is 2.15. The molecule has 0 unspecified atom stereocenters. The average molecular weight is 350 g/mol. The van der Waals surface area contributed by atoms with E-state index in [0.29, 0.717) is 21.9 Å². The molecule has 2 aromatic carbocycles. The van der Waals surface area contributed by atoms with Crippen LogP contribution in [-0.4, -0.2) is 5.78 Å². The molecular weight excluding hydrogens is 340 g/mol. The van der Waals surface area contributed by atoms with Crippen LogP contribution in [-0.2, 0) is 0 Å². The van der Waals surface area contributed by atoms with Gasteiger partial charge in [-0.3, -0.25) is 4.79 Å². The van der Waals surface area contributed by atoms with Gasteiger partial charge >= 0.3 is 0 Å². The lowest BCUT2D eigenvalue weighted by Crippen LogP contribution is -2.02. The van der Waals surface area contributed by atoms with Gasteiger partial charge in [0.05, 0.1) is 5.02 Å². The van der Waals surface area contributed by atoms with Gasteiger partial charge in [0.2, 0.25) is 5.78 Å². The maximum absolute atomic E-state index is 12.5. The Hall–Kier alpha value is -1.58. The molecule has 0 aliphatic heterocycles. The molecular formula is C16H10BrClO2. The molecule has 0 N–H and O–H groups in total. The molecule has 0 atom stereocenters. The number of hydrogen-bond acceptors (Lipinski definition) is 2. The molecule has 3 aromatic rings. The molecule has 0 spiro atoms. The number of benzene rings is 2. The van der Waals surface area contributed by atoms with Crippen molar-refractivity contribution in [3.8, 4) is 0 Å². The van der Waals surface area contributed by atoms with Crippen molar-refractivity contribution in [3.05, 3.63) is 68.8 Å². The van der Waals surface area contributed by atoms with Gasteiger partial charge in [0.15, 0.2) is 11.3 Å². The van der Waals surface area contributed by atoms with E-state index in [9.17, 15) is 4.79 Å². The zero-order chi connectivity index (χ0) is 14.3. The minimum Gasteiger partial charge on any atom is -0.451 e. The monoisotopic (exact) mass is 348 g/mol. The van der Waals surface area contributed by atoms with Gasteiger partial charge in [0.25, 0.3) is 0 Å². The second kappa shape index (κ2) is 5.08. The predicted octanol–water partition coefficient (Wildman–Crippen LogP) is 5.39. The first-order valence-electron chi connectivity index (χ1n) is 6.05. The molecule has 0 aliphatic rings. The summed E-state index contributed by atoms with van der Waals surface area (Å²) in [5, 5.41) is 1.34. The van der Waals surface area contributed by atoms with Crippen LogP contribution in [0.1, 0.15) is 21.7 Å². The van der Waals surface area contributed by atoms with Crippen LogP contribution < -0.4 is 0 Å². The smallest absolute Gasteiger partial charge is 0.228 e. The van der Waals surface area contributed by atoms with E-state index in [1.54, 1.807) is 18.2 Å². The molecule has 0 amide bonds. The van der Waals surface area contributed by atoms with E-state index >= 15 is 0 Å². The molecule has 100 valence electrons. The van der Waals surface area contributed by atoms with Crippen molar-refractivity contribution in [2.45, 2.75) is 6.92 Å². The maximum atomic E-state index is 12.5. The summed E-state index contributed by atoms with van der Waals surface area (Å²) in [5.74, 6) is 0.167. The Bertz CT molecular complexity index is 820. The number of para-hydroxylation sites is 1. The zero-order valence-electron chi connectivity index (χ0n) is 10.6. The van der Waals surface area contributed by atoms with Crippen LogP contribution in [0.15, 0.2) is 51.4 Å². The number of halogens is 2. The highest BCUT2D eigenvalue weighted by Gasteiger charge is 2.17. The van der Waals surface area contributed by atoms with Crippen molar-refractivity contribution in [1.82, 2.24) is 0 Å². The number of hydrogen-bond donors (Lipinski definition) is 0. The first-order valence-corrected chi connectivity index (χ1v) is 7.22. The minimum atomic E-state index is -0.137. The van der Waals surface area contributed by atoms with Crippen LogP contribution in [0, 0.1) is 6.92 Å². The van der Waals surface area contributed by atoms with Gasteiger partial charge in [-0.25, -0.2) is 0 Å². The molecule has 0 radical (unpaired) electrons. The number of rotatable bonds is 2. The highest BCUT2D eigenvalue weighted by molar-refractivity contribution is 9.10. The van der Waals surface area contributed by atoms with Crippen LogP contribution >= 0.6 is 27.5 Å². The van der Waals surface area contributed by atoms with Gasteiger partial charge in [-0.05, 0) is 42.8 Å². The van der Waals surface area contributed by atoms with E-state index in [1.165, 1.54) is 0 Å². The Morgan fingerprint density at radius 1 is 1.20 bits per heavy atom. The Morgan fingerprint density at radius 2 is 2.00 bits per heavy atom. The molecule has 3 rings (SSSR count). The summed E-state index contributed by atoms with van der Waals surface area (Å²) in [7, 11) is 0. The van der Waals surface area contributed by atoms with Crippen LogP contribution in [0.2, 0.25) is 5.02 Å². The third-order valence-electron chi connectivity index (χ3n) is 3.15. The number of ketones is 1. The zero-order valence-corrected chi connectivity index (χ0v) is 13.0. The van der Waals surface area contributed by atoms with E-state index in [-0.39, 0.29) is 5.78 Å². The van der Waals surface area contributed by atoms with Crippen LogP contribution in [0.5, 0.6) is 0 Å². The largest absolute Gasteiger partial charge is 0.451 e. The molecule has 2 nitrogen and oxygen atoms in total. The summed E-state index contributed by atoms with van der Waals surface area (Å²) in [6, 6.07) is 12.7. The van der Waals surface area contributed by atoms with E-state index in [2.05, 4.69) is 15.9 Å². The summed E-state index contributed by atoms with van der Waals surface area (Å²) in [6.07, 6.45) is 0. The topological polar surface area (TPSA) is 30.2 Å². The number of aryl methyl sites for hydroxylation is 1. The average Bonchev–Trinajstić information content (AvgIpc) is 2.83. The Kier molecular flexibility index (Phi) is 3.40. The van der Waals surface area contributed by atoms with Crippen molar-refractivity contribution >= 4 is 44.3 Å². The number of fused-ring (bicyclic) bond motifs is 1. The maximum Gasteiger partial charge on any atom is 0.228 e. The normalized spacial score (nSPS) is 10.9. The lowest BCUT2D eigenvalue weighted by Gasteiger charge is -2.03. The summed E-state index contributed by atoms with van der Waals surface area (Å²) in [6.45, 7) is 1.90. The van der Waals surface area contributed by atoms with Gasteiger partial charge in [-0.15, -0.1) is 0 Å². The molecule has 0 bridgehead atoms. The summed E-state index contributed by atoms with van der Waals surface area (Å²) < 4.78 is 6.55. The summed E-state index contributed by atoms with van der Waals surface area (Å²) >= 11 is 9.45. The van der Waals surface area contributed by atoms with Gasteiger partial charge in [-0.1, -0.05) is 39.7 Å². The third-order valence-corrected chi connectivity index (χ3v) is 3.94. The van der Waals surface area contributed by atoms with Crippen molar-refractivity contribution in [1.29, 1.82) is 0 Å². The molecule has 4 heteroatoms. The molecule has 20 heavy (non-hydrogen) atoms. The van der Waals surface area contributed by atoms with E-state index in [4.69, 9.17) is 16.0 Å². The Morgan fingerprint density at radius 3 is 2.70 bits per heavy atom. The fraction of sp³-hybridized carbons (Fsp3) is 0.0625. The van der Waals surface area contributed by atoms with Gasteiger partial charge in [-0.2, -0.15) is 0 Å². The molecule has 0 aliphatic carbocycles. The van der Waals surface area contributed by atoms with Crippen LogP contribution in [0.25, 0.3) is 11.0 Å². The number of furan rings is 1. The van der Waals surface area contributed by atoms with Crippen molar-refractivity contribution < 1.29 is 9.21 Å². The van der Waals surface area contributed by atoms with Crippen molar-refractivity contribution in [3.63, 3.8) is 0 Å². The first kappa shape index (κ1) is 13.4. The number of carbonyl (C=O) groups excluding carboxylic acids is 1. The predicted molar refractivity (Wildman–Crippen MR) is 83.5 cm³/mol. The van der Waals surface area contributed by atoms with E-state index < -0.39 is 0 Å². The van der Waals surface area contributed by atoms with Gasteiger partial charge in [0, 0.05) is 15.4 Å². The molecule has 1 aromatic heterocycles. The van der Waals surface area contributed by atoms with Crippen molar-refractivity contribution in [2.24, 2.45) is 0 Å². The summed E-state index contributed by atoms with van der Waals surface area (Å²) in [5.41, 5.74) is 2.08. The molecule has 0 saturated heterocycles. The highest BCUT2D eigenvalue weighted by Crippen LogP contribution is 2.28. The van der Waals surface area contributed by atoms with E-state index in [1.807, 2.05) is 31.2 Å². The Labute approximate surface area is 129 Å². The molecule has 0 fully saturated rings. The number of carbonyl (C=O) groups is 1. The SMILES string of the molecule is Cc1cc(Br)ccc1C(=O)c1cc2cccc(Cl)c2o1. The lowest BCUT2D eigenvalue weighted by atomic mass is 10.0. The van der Waals surface area contributed by atoms with Gasteiger partial charge < -0.3 is 4.42 Å². The van der Waals surface area contributed by atoms with Crippen molar-refractivity contribution in [2.75, 3.05) is 0 Å². The van der Waals surface area contributed by atoms with Crippen LogP contribution in [0.4, 0.5) is 0 Å². The summed E-state index contributed by atoms with van der Waals surface area (Å²) in [4.78, 5) is 12.5. The van der Waals surface area contributed by atoms with Crippen LogP contribution in [0.3, 0.4) is 0 Å². The second-order valence-electron chi connectivity index (χ2n) is 4.56. The minimum absolute atomic E-state index is 0.137. The van der Waals surface area contributed by atoms with E-state index in [0.717, 1.165) is 15.4 Å². The highest BCUT2D eigenvalue weighted by atomic mass is 79.9. The third kappa shape index (κ3) is 2.28. The first-order chi connectivity index (χ1) is 9.56. The van der Waals surface area contributed by atoms with Gasteiger partial charge in [0.1, 0.15) is 0 Å². The standard InChI is InChI=1S/C16H10BrClO2/c1-9-7-11(17)5-6-12(9)15(19)14-8-10-3-2-4-13(18)16(10)20-14/h2-8H,1H3. The fourth-order valence-corrected chi connectivity index (χ4v) is 2.85. The second-order valence-corrected chi connectivity index (χ2v) is 5.88. The quantitative estimate of drug-likeness (QED) is 0.581. The molecule has 1 heterocycles. The molecule has 0 saturated carbocycles. The lowest BCUT2D eigenvalue weighted by molar-refractivity contribution is 0.101.